The lowest BCUT2D eigenvalue weighted by molar-refractivity contribution is 1.13. The van der Waals surface area contributed by atoms with Gasteiger partial charge in [-0.2, -0.15) is 0 Å². The Morgan fingerprint density at radius 2 is 1.53 bits per heavy atom. The van der Waals surface area contributed by atoms with E-state index >= 15 is 0 Å². The van der Waals surface area contributed by atoms with Gasteiger partial charge in [0, 0.05) is 19.8 Å². The molecule has 0 amide bonds. The molecule has 0 aromatic heterocycles. The van der Waals surface area contributed by atoms with Gasteiger partial charge in [0.15, 0.2) is 0 Å². The number of nitrogens with zero attached hydrogens (tertiary/aromatic N) is 1. The van der Waals surface area contributed by atoms with Crippen molar-refractivity contribution in [3.05, 3.63) is 72.3 Å². The van der Waals surface area contributed by atoms with Gasteiger partial charge in [0.05, 0.1) is 0 Å². The highest BCUT2D eigenvalue weighted by Crippen LogP contribution is 2.24. The fraction of sp³-hybridized carbons (Fsp3) is 0.125. The first-order valence-electron chi connectivity index (χ1n) is 5.70. The van der Waals surface area contributed by atoms with Gasteiger partial charge < -0.3 is 4.90 Å². The Hall–Kier alpha value is -2.02. The summed E-state index contributed by atoms with van der Waals surface area (Å²) in [6.45, 7) is 4.18. The van der Waals surface area contributed by atoms with Gasteiger partial charge in [0.1, 0.15) is 0 Å². The lowest BCUT2D eigenvalue weighted by Gasteiger charge is -2.14. The molecule has 0 bridgehead atoms. The van der Waals surface area contributed by atoms with Crippen LogP contribution in [0.2, 0.25) is 0 Å². The molecule has 2 rings (SSSR count). The third kappa shape index (κ3) is 2.56. The highest BCUT2D eigenvalue weighted by atomic mass is 15.1. The predicted molar refractivity (Wildman–Crippen MR) is 75.3 cm³/mol. The highest BCUT2D eigenvalue weighted by molar-refractivity contribution is 5.79. The van der Waals surface area contributed by atoms with Crippen LogP contribution in [-0.4, -0.2) is 14.1 Å². The van der Waals surface area contributed by atoms with Crippen molar-refractivity contribution in [2.45, 2.75) is 0 Å². The summed E-state index contributed by atoms with van der Waals surface area (Å²) in [7, 11) is 4.09. The zero-order chi connectivity index (χ0) is 12.3. The first-order chi connectivity index (χ1) is 8.18. The Morgan fingerprint density at radius 1 is 0.882 bits per heavy atom. The van der Waals surface area contributed by atoms with E-state index in [1.165, 1.54) is 16.8 Å². The van der Waals surface area contributed by atoms with Gasteiger partial charge in [0.25, 0.3) is 0 Å². The van der Waals surface area contributed by atoms with Crippen molar-refractivity contribution in [3.63, 3.8) is 0 Å². The van der Waals surface area contributed by atoms with E-state index in [1.54, 1.807) is 0 Å². The Bertz CT molecular complexity index is 512. The summed E-state index contributed by atoms with van der Waals surface area (Å²) < 4.78 is 0. The maximum absolute atomic E-state index is 4.18. The first-order valence-corrected chi connectivity index (χ1v) is 5.70. The topological polar surface area (TPSA) is 3.24 Å². The quantitative estimate of drug-likeness (QED) is 0.764. The minimum atomic E-state index is 1.06. The first kappa shape index (κ1) is 11.5. The molecule has 0 spiro atoms. The third-order valence-corrected chi connectivity index (χ3v) is 2.83. The average Bonchev–Trinajstić information content (AvgIpc) is 2.39. The summed E-state index contributed by atoms with van der Waals surface area (Å²) in [5, 5.41) is 0. The fourth-order valence-corrected chi connectivity index (χ4v) is 1.78. The Morgan fingerprint density at radius 3 is 2.18 bits per heavy atom. The van der Waals surface area contributed by atoms with E-state index in [-0.39, 0.29) is 0 Å². The van der Waals surface area contributed by atoms with E-state index in [1.807, 2.05) is 32.3 Å². The molecule has 2 aromatic rings. The van der Waals surface area contributed by atoms with Gasteiger partial charge >= 0.3 is 0 Å². The largest absolute Gasteiger partial charge is 0.378 e. The van der Waals surface area contributed by atoms with E-state index < -0.39 is 0 Å². The van der Waals surface area contributed by atoms with Crippen molar-refractivity contribution >= 4 is 11.3 Å². The minimum absolute atomic E-state index is 1.06. The second kappa shape index (κ2) is 4.88. The Labute approximate surface area is 103 Å². The second-order valence-corrected chi connectivity index (χ2v) is 4.29. The molecular formula is C16H17N. The lowest BCUT2D eigenvalue weighted by Crippen LogP contribution is -2.08. The molecule has 0 saturated carbocycles. The van der Waals surface area contributed by atoms with E-state index in [2.05, 4.69) is 47.9 Å². The van der Waals surface area contributed by atoms with Gasteiger partial charge in [-0.25, -0.2) is 0 Å². The smallest absolute Gasteiger partial charge is 0.0367 e. The Balaban J connectivity index is 2.35. The summed E-state index contributed by atoms with van der Waals surface area (Å²) in [4.78, 5) is 2.10. The molecule has 0 aliphatic carbocycles. The minimum Gasteiger partial charge on any atom is -0.378 e. The number of hydrogen-bond donors (Lipinski definition) is 0. The van der Waals surface area contributed by atoms with E-state index in [0.717, 1.165) is 5.57 Å². The van der Waals surface area contributed by atoms with E-state index in [4.69, 9.17) is 0 Å². The molecule has 2 aromatic carbocycles. The van der Waals surface area contributed by atoms with Crippen LogP contribution in [-0.2, 0) is 0 Å². The zero-order valence-corrected chi connectivity index (χ0v) is 10.4. The molecule has 1 nitrogen and oxygen atoms in total. The van der Waals surface area contributed by atoms with Gasteiger partial charge in [-0.15, -0.1) is 0 Å². The number of rotatable bonds is 3. The molecule has 0 N–H and O–H groups in total. The summed E-state index contributed by atoms with van der Waals surface area (Å²) >= 11 is 0. The third-order valence-electron chi connectivity index (χ3n) is 2.83. The predicted octanol–water partition coefficient (Wildman–Crippen LogP) is 3.81. The average molecular weight is 223 g/mol. The van der Waals surface area contributed by atoms with Crippen molar-refractivity contribution in [1.82, 2.24) is 0 Å². The molecule has 86 valence electrons. The van der Waals surface area contributed by atoms with Crippen LogP contribution in [0.3, 0.4) is 0 Å². The van der Waals surface area contributed by atoms with Crippen molar-refractivity contribution < 1.29 is 0 Å². The molecule has 0 aliphatic rings. The van der Waals surface area contributed by atoms with Crippen LogP contribution in [0.1, 0.15) is 11.1 Å². The molecule has 0 unspecified atom stereocenters. The van der Waals surface area contributed by atoms with E-state index in [0.29, 0.717) is 0 Å². The highest BCUT2D eigenvalue weighted by Gasteiger charge is 2.03. The van der Waals surface area contributed by atoms with E-state index in [9.17, 15) is 0 Å². The number of hydrogen-bond acceptors (Lipinski definition) is 1. The molecule has 0 saturated heterocycles. The molecule has 0 aliphatic heterocycles. The van der Waals surface area contributed by atoms with Crippen LogP contribution in [0, 0.1) is 0 Å². The second-order valence-electron chi connectivity index (χ2n) is 4.29. The van der Waals surface area contributed by atoms with Crippen molar-refractivity contribution in [2.75, 3.05) is 19.0 Å². The molecule has 0 fully saturated rings. The summed E-state index contributed by atoms with van der Waals surface area (Å²) in [6.07, 6.45) is 0. The zero-order valence-electron chi connectivity index (χ0n) is 10.4. The van der Waals surface area contributed by atoms with Gasteiger partial charge in [0.2, 0.25) is 0 Å². The SMILES string of the molecule is C=C(c1ccccc1)c1cccc(N(C)C)c1. The molecule has 17 heavy (non-hydrogen) atoms. The van der Waals surface area contributed by atoms with Crippen LogP contribution in [0.4, 0.5) is 5.69 Å². The molecule has 0 heterocycles. The van der Waals surface area contributed by atoms with Crippen LogP contribution in [0.15, 0.2) is 61.2 Å². The monoisotopic (exact) mass is 223 g/mol. The van der Waals surface area contributed by atoms with Gasteiger partial charge in [-0.1, -0.05) is 49.0 Å². The fourth-order valence-electron chi connectivity index (χ4n) is 1.78. The maximum atomic E-state index is 4.18. The van der Waals surface area contributed by atoms with Crippen LogP contribution < -0.4 is 4.90 Å². The van der Waals surface area contributed by atoms with Gasteiger partial charge in [-0.3, -0.25) is 0 Å². The van der Waals surface area contributed by atoms with Gasteiger partial charge in [-0.05, 0) is 28.8 Å². The molecule has 0 atom stereocenters. The summed E-state index contributed by atoms with van der Waals surface area (Å²) in [6, 6.07) is 18.7. The van der Waals surface area contributed by atoms with Crippen molar-refractivity contribution in [2.24, 2.45) is 0 Å². The standard InChI is InChI=1S/C16H17N/c1-13(14-8-5-4-6-9-14)15-10-7-11-16(12-15)17(2)3/h4-12H,1H2,2-3H3. The molecule has 0 radical (unpaired) electrons. The molecule has 1 heteroatoms. The Kier molecular flexibility index (Phi) is 3.29. The summed E-state index contributed by atoms with van der Waals surface area (Å²) in [5.74, 6) is 0. The van der Waals surface area contributed by atoms with Crippen molar-refractivity contribution in [1.29, 1.82) is 0 Å². The number of benzene rings is 2. The van der Waals surface area contributed by atoms with Crippen LogP contribution in [0.5, 0.6) is 0 Å². The van der Waals surface area contributed by atoms with Crippen LogP contribution in [0.25, 0.3) is 5.57 Å². The normalized spacial score (nSPS) is 10.0. The van der Waals surface area contributed by atoms with Crippen LogP contribution >= 0.6 is 0 Å². The lowest BCUT2D eigenvalue weighted by atomic mass is 9.99. The summed E-state index contributed by atoms with van der Waals surface area (Å²) in [5.41, 5.74) is 4.60. The molecular weight excluding hydrogens is 206 g/mol. The maximum Gasteiger partial charge on any atom is 0.0367 e. The number of anilines is 1. The van der Waals surface area contributed by atoms with Crippen molar-refractivity contribution in [3.8, 4) is 0 Å².